The lowest BCUT2D eigenvalue weighted by atomic mass is 10.2. The van der Waals surface area contributed by atoms with Gasteiger partial charge in [-0.2, -0.15) is 0 Å². The van der Waals surface area contributed by atoms with Gasteiger partial charge in [0.1, 0.15) is 5.84 Å². The van der Waals surface area contributed by atoms with Crippen LogP contribution in [0.15, 0.2) is 36.0 Å². The molecule has 3 nitrogen and oxygen atoms in total. The molecule has 1 aromatic carbocycles. The van der Waals surface area contributed by atoms with E-state index >= 15 is 0 Å². The van der Waals surface area contributed by atoms with Gasteiger partial charge >= 0.3 is 0 Å². The summed E-state index contributed by atoms with van der Waals surface area (Å²) >= 11 is 12.0. The minimum atomic E-state index is -0.331. The summed E-state index contributed by atoms with van der Waals surface area (Å²) in [5.74, 6) is 0.272. The Bertz CT molecular complexity index is 478. The molecule has 0 bridgehead atoms. The molecule has 1 rings (SSSR count). The molecule has 0 aliphatic heterocycles. The number of hydrogen-bond donors (Lipinski definition) is 0. The van der Waals surface area contributed by atoms with Crippen LogP contribution >= 0.6 is 23.2 Å². The molecule has 96 valence electrons. The number of rotatable bonds is 3. The first-order valence-corrected chi connectivity index (χ1v) is 6.18. The number of benzene rings is 1. The van der Waals surface area contributed by atoms with Gasteiger partial charge < -0.3 is 0 Å². The van der Waals surface area contributed by atoms with Crippen LogP contribution in [0.1, 0.15) is 23.7 Å². The van der Waals surface area contributed by atoms with Crippen molar-refractivity contribution in [2.24, 2.45) is 4.99 Å². The van der Waals surface area contributed by atoms with Crippen LogP contribution in [-0.2, 0) is 0 Å². The maximum Gasteiger partial charge on any atom is 0.266 e. The van der Waals surface area contributed by atoms with Gasteiger partial charge in [-0.3, -0.25) is 14.7 Å². The van der Waals surface area contributed by atoms with Gasteiger partial charge in [0.05, 0.1) is 15.6 Å². The van der Waals surface area contributed by atoms with E-state index in [9.17, 15) is 4.79 Å². The third-order valence-corrected chi connectivity index (χ3v) is 3.06. The van der Waals surface area contributed by atoms with Crippen LogP contribution in [0.4, 0.5) is 0 Å². The smallest absolute Gasteiger partial charge is 0.266 e. The van der Waals surface area contributed by atoms with Gasteiger partial charge in [-0.25, -0.2) is 0 Å². The van der Waals surface area contributed by atoms with Crippen LogP contribution in [0.3, 0.4) is 0 Å². The number of carbonyl (C=O) groups is 1. The van der Waals surface area contributed by atoms with Gasteiger partial charge in [0.25, 0.3) is 5.91 Å². The summed E-state index contributed by atoms with van der Waals surface area (Å²) in [5.41, 5.74) is 0.260. The predicted molar refractivity (Wildman–Crippen MR) is 76.5 cm³/mol. The maximum absolute atomic E-state index is 12.4. The molecule has 0 unspecified atom stereocenters. The second kappa shape index (κ2) is 6.57. The first-order chi connectivity index (χ1) is 8.56. The number of carbonyl (C=O) groups excluding carboxylic acids is 1. The highest BCUT2D eigenvalue weighted by Crippen LogP contribution is 2.26. The van der Waals surface area contributed by atoms with E-state index < -0.39 is 0 Å². The van der Waals surface area contributed by atoms with Crippen LogP contribution in [0.25, 0.3) is 0 Å². The van der Waals surface area contributed by atoms with Crippen molar-refractivity contribution in [1.82, 2.24) is 4.90 Å². The fourth-order valence-electron chi connectivity index (χ4n) is 1.56. The van der Waals surface area contributed by atoms with Crippen LogP contribution in [-0.4, -0.2) is 23.7 Å². The lowest BCUT2D eigenvalue weighted by molar-refractivity contribution is 0.0886. The van der Waals surface area contributed by atoms with Gasteiger partial charge in [-0.05, 0) is 12.1 Å². The summed E-state index contributed by atoms with van der Waals surface area (Å²) < 4.78 is 0. The molecule has 0 saturated heterocycles. The Kier molecular flexibility index (Phi) is 5.38. The minimum Gasteiger partial charge on any atom is -0.275 e. The summed E-state index contributed by atoms with van der Waals surface area (Å²) in [6.07, 6.45) is 2.02. The van der Waals surface area contributed by atoms with E-state index in [-0.39, 0.29) is 11.5 Å². The van der Waals surface area contributed by atoms with Crippen molar-refractivity contribution in [2.75, 3.05) is 7.05 Å². The monoisotopic (exact) mass is 284 g/mol. The fourth-order valence-corrected chi connectivity index (χ4v) is 2.12. The third-order valence-electron chi connectivity index (χ3n) is 2.43. The number of amides is 1. The first-order valence-electron chi connectivity index (χ1n) is 5.42. The lowest BCUT2D eigenvalue weighted by Crippen LogP contribution is -2.32. The van der Waals surface area contributed by atoms with Crippen LogP contribution in [0, 0.1) is 0 Å². The average Bonchev–Trinajstić information content (AvgIpc) is 2.35. The Labute approximate surface area is 117 Å². The third kappa shape index (κ3) is 2.92. The highest BCUT2D eigenvalue weighted by Gasteiger charge is 2.22. The van der Waals surface area contributed by atoms with Crippen molar-refractivity contribution in [3.8, 4) is 0 Å². The SMILES string of the molecule is C=CN(C(=O)c1c(Cl)cccc1Cl)/C(CC)=N/C. The van der Waals surface area contributed by atoms with Crippen molar-refractivity contribution < 1.29 is 4.79 Å². The summed E-state index contributed by atoms with van der Waals surface area (Å²) in [6.45, 7) is 5.52. The van der Waals surface area contributed by atoms with Gasteiger partial charge in [-0.15, -0.1) is 0 Å². The number of aliphatic imine (C=N–C) groups is 1. The quantitative estimate of drug-likeness (QED) is 0.610. The van der Waals surface area contributed by atoms with E-state index in [0.717, 1.165) is 0 Å². The van der Waals surface area contributed by atoms with E-state index in [2.05, 4.69) is 11.6 Å². The minimum absolute atomic E-state index is 0.260. The second-order valence-electron chi connectivity index (χ2n) is 3.45. The molecule has 18 heavy (non-hydrogen) atoms. The molecule has 1 aromatic rings. The molecular formula is C13H14Cl2N2O. The number of hydrogen-bond acceptors (Lipinski definition) is 2. The molecule has 0 spiro atoms. The normalized spacial score (nSPS) is 11.2. The summed E-state index contributed by atoms with van der Waals surface area (Å²) in [5, 5.41) is 0.622. The van der Waals surface area contributed by atoms with Crippen LogP contribution in [0.2, 0.25) is 10.0 Å². The standard InChI is InChI=1S/C13H14Cl2N2O/c1-4-11(16-3)17(5-2)13(18)12-9(14)7-6-8-10(12)15/h5-8H,2,4H2,1,3H3/b16-11+. The molecule has 0 atom stereocenters. The Balaban J connectivity index is 3.24. The van der Waals surface area contributed by atoms with E-state index in [0.29, 0.717) is 22.3 Å². The predicted octanol–water partition coefficient (Wildman–Crippen LogP) is 4.02. The van der Waals surface area contributed by atoms with Crippen LogP contribution in [0.5, 0.6) is 0 Å². The molecule has 0 aliphatic carbocycles. The van der Waals surface area contributed by atoms with Crippen molar-refractivity contribution >= 4 is 34.9 Å². The van der Waals surface area contributed by atoms with Gasteiger partial charge in [0, 0.05) is 19.7 Å². The Morgan fingerprint density at radius 3 is 2.39 bits per heavy atom. The zero-order valence-electron chi connectivity index (χ0n) is 10.3. The Morgan fingerprint density at radius 1 is 1.44 bits per heavy atom. The van der Waals surface area contributed by atoms with Crippen molar-refractivity contribution in [1.29, 1.82) is 0 Å². The number of amidine groups is 1. The average molecular weight is 285 g/mol. The summed E-state index contributed by atoms with van der Waals surface area (Å²) in [7, 11) is 1.62. The molecule has 0 heterocycles. The van der Waals surface area contributed by atoms with Gasteiger partial charge in [0.2, 0.25) is 0 Å². The first kappa shape index (κ1) is 14.7. The largest absolute Gasteiger partial charge is 0.275 e. The zero-order chi connectivity index (χ0) is 13.7. The summed E-state index contributed by atoms with van der Waals surface area (Å²) in [6, 6.07) is 4.93. The highest BCUT2D eigenvalue weighted by molar-refractivity contribution is 6.40. The van der Waals surface area contributed by atoms with Gasteiger partial charge in [0.15, 0.2) is 0 Å². The second-order valence-corrected chi connectivity index (χ2v) is 4.26. The molecule has 1 amide bonds. The van der Waals surface area contributed by atoms with Crippen molar-refractivity contribution in [3.05, 3.63) is 46.6 Å². The topological polar surface area (TPSA) is 32.7 Å². The Morgan fingerprint density at radius 2 is 2.00 bits per heavy atom. The summed E-state index contributed by atoms with van der Waals surface area (Å²) in [4.78, 5) is 17.8. The molecular weight excluding hydrogens is 271 g/mol. The number of nitrogens with zero attached hydrogens (tertiary/aromatic N) is 2. The van der Waals surface area contributed by atoms with E-state index in [1.54, 1.807) is 25.2 Å². The van der Waals surface area contributed by atoms with E-state index in [4.69, 9.17) is 23.2 Å². The molecule has 0 fully saturated rings. The lowest BCUT2D eigenvalue weighted by Gasteiger charge is -2.20. The molecule has 0 N–H and O–H groups in total. The molecule has 0 aliphatic rings. The highest BCUT2D eigenvalue weighted by atomic mass is 35.5. The van der Waals surface area contributed by atoms with E-state index in [1.807, 2.05) is 6.92 Å². The van der Waals surface area contributed by atoms with E-state index in [1.165, 1.54) is 11.1 Å². The molecule has 0 radical (unpaired) electrons. The molecule has 0 saturated carbocycles. The Hall–Kier alpha value is -1.32. The maximum atomic E-state index is 12.4. The number of halogens is 2. The van der Waals surface area contributed by atoms with Gasteiger partial charge in [-0.1, -0.05) is 42.8 Å². The molecule has 0 aromatic heterocycles. The van der Waals surface area contributed by atoms with Crippen molar-refractivity contribution in [2.45, 2.75) is 13.3 Å². The van der Waals surface area contributed by atoms with Crippen molar-refractivity contribution in [3.63, 3.8) is 0 Å². The zero-order valence-corrected chi connectivity index (χ0v) is 11.8. The fraction of sp³-hybridized carbons (Fsp3) is 0.231. The van der Waals surface area contributed by atoms with Crippen LogP contribution < -0.4 is 0 Å². The molecule has 5 heteroatoms.